The molecule has 2 aliphatic heterocycles. The third kappa shape index (κ3) is 2.96. The molecular weight excluding hydrogens is 438 g/mol. The molecule has 0 unspecified atom stereocenters. The maximum absolute atomic E-state index is 13.1. The van der Waals surface area contributed by atoms with Crippen molar-refractivity contribution in [2.75, 3.05) is 10.6 Å². The van der Waals surface area contributed by atoms with Crippen molar-refractivity contribution >= 4 is 52.2 Å². The van der Waals surface area contributed by atoms with E-state index in [0.29, 0.717) is 0 Å². The third-order valence-electron chi connectivity index (χ3n) is 5.95. The number of para-hydroxylation sites is 2. The van der Waals surface area contributed by atoms with E-state index in [4.69, 9.17) is 0 Å². The predicted octanol–water partition coefficient (Wildman–Crippen LogP) is 5.82. The topological polar surface area (TPSA) is 62.6 Å². The summed E-state index contributed by atoms with van der Waals surface area (Å²) in [5, 5.41) is 5.32. The monoisotopic (exact) mass is 457 g/mol. The Morgan fingerprint density at radius 3 is 2.00 bits per heavy atom. The van der Waals surface area contributed by atoms with E-state index in [0.717, 1.165) is 43.5 Å². The molecule has 0 spiro atoms. The molecule has 0 saturated carbocycles. The maximum Gasteiger partial charge on any atom is 0.243 e. The van der Waals surface area contributed by atoms with Crippen molar-refractivity contribution in [2.24, 2.45) is 0 Å². The largest absolute Gasteiger partial charge is 0.324 e. The second-order valence-corrected chi connectivity index (χ2v) is 10.1. The second-order valence-electron chi connectivity index (χ2n) is 7.85. The van der Waals surface area contributed by atoms with E-state index < -0.39 is 5.25 Å². The van der Waals surface area contributed by atoms with E-state index in [2.05, 4.69) is 15.0 Å². The van der Waals surface area contributed by atoms with Crippen LogP contribution in [-0.2, 0) is 9.59 Å². The van der Waals surface area contributed by atoms with Gasteiger partial charge in [-0.05, 0) is 48.9 Å². The molecule has 2 N–H and O–H groups in total. The molecule has 2 aromatic heterocycles. The number of carbonyl (C=O) groups excluding carboxylic acids is 2. The van der Waals surface area contributed by atoms with Gasteiger partial charge in [-0.2, -0.15) is 0 Å². The van der Waals surface area contributed by atoms with E-state index in [9.17, 15) is 9.59 Å². The Hall–Kier alpha value is -3.16. The number of benzene rings is 2. The van der Waals surface area contributed by atoms with Crippen molar-refractivity contribution in [3.8, 4) is 0 Å². The van der Waals surface area contributed by atoms with Crippen molar-refractivity contribution in [1.82, 2.24) is 4.40 Å². The number of hydrogen-bond acceptors (Lipinski definition) is 4. The molecular formula is C25H19N3O2S2. The summed E-state index contributed by atoms with van der Waals surface area (Å²) in [6, 6.07) is 21.7. The van der Waals surface area contributed by atoms with E-state index in [1.807, 2.05) is 79.9 Å². The second kappa shape index (κ2) is 7.46. The molecule has 5 nitrogen and oxygen atoms in total. The van der Waals surface area contributed by atoms with Gasteiger partial charge in [0.05, 0.1) is 16.9 Å². The van der Waals surface area contributed by atoms with Gasteiger partial charge in [-0.25, -0.2) is 0 Å². The fourth-order valence-electron chi connectivity index (χ4n) is 4.51. The number of hydrogen-bond donors (Lipinski definition) is 2. The molecule has 2 amide bonds. The zero-order valence-corrected chi connectivity index (χ0v) is 18.8. The number of nitrogens with one attached hydrogen (secondary N) is 2. The number of carbonyl (C=O) groups is 2. The lowest BCUT2D eigenvalue weighted by molar-refractivity contribution is -0.116. The van der Waals surface area contributed by atoms with Gasteiger partial charge < -0.3 is 15.0 Å². The van der Waals surface area contributed by atoms with E-state index >= 15 is 0 Å². The van der Waals surface area contributed by atoms with Crippen LogP contribution >= 0.6 is 23.5 Å². The first-order valence-electron chi connectivity index (χ1n) is 10.3. The Morgan fingerprint density at radius 2 is 1.31 bits per heavy atom. The van der Waals surface area contributed by atoms with Crippen LogP contribution < -0.4 is 10.6 Å². The zero-order chi connectivity index (χ0) is 21.8. The number of nitrogens with zero attached hydrogens (tertiary/aromatic N) is 1. The molecule has 6 rings (SSSR count). The Bertz CT molecular complexity index is 1310. The normalized spacial score (nSPS) is 19.8. The van der Waals surface area contributed by atoms with Crippen molar-refractivity contribution in [3.05, 3.63) is 89.7 Å². The van der Waals surface area contributed by atoms with Gasteiger partial charge in [-0.1, -0.05) is 30.3 Å². The highest BCUT2D eigenvalue weighted by atomic mass is 32.2. The molecule has 2 atom stereocenters. The van der Waals surface area contributed by atoms with Gasteiger partial charge in [0.2, 0.25) is 11.8 Å². The van der Waals surface area contributed by atoms with E-state index in [1.165, 1.54) is 0 Å². The van der Waals surface area contributed by atoms with E-state index in [1.54, 1.807) is 23.5 Å². The molecule has 0 aliphatic carbocycles. The van der Waals surface area contributed by atoms with Gasteiger partial charge in [0.25, 0.3) is 0 Å². The number of thioether (sulfide) groups is 2. The molecule has 4 aromatic rings. The number of anilines is 2. The molecule has 0 fully saturated rings. The molecule has 2 aliphatic rings. The average Bonchev–Trinajstić information content (AvgIpc) is 3.09. The quantitative estimate of drug-likeness (QED) is 0.398. The summed E-state index contributed by atoms with van der Waals surface area (Å²) in [5.74, 6) is -0.0801. The number of aromatic nitrogens is 1. The van der Waals surface area contributed by atoms with Crippen LogP contribution in [0, 0.1) is 6.92 Å². The minimum absolute atomic E-state index is 0.0363. The van der Waals surface area contributed by atoms with E-state index in [-0.39, 0.29) is 17.1 Å². The van der Waals surface area contributed by atoms with Crippen LogP contribution in [0.15, 0.2) is 82.7 Å². The van der Waals surface area contributed by atoms with Crippen molar-refractivity contribution in [2.45, 2.75) is 27.2 Å². The van der Waals surface area contributed by atoms with Crippen molar-refractivity contribution in [1.29, 1.82) is 0 Å². The SMILES string of the molecule is Cc1c([C@H]2Sc3ccccc3NC2=O)c2ccccn2c1[C@H]1Sc2ccccc2NC1=O. The molecule has 0 bridgehead atoms. The fraction of sp³-hybridized carbons (Fsp3) is 0.120. The summed E-state index contributed by atoms with van der Waals surface area (Å²) in [6.07, 6.45) is 1.98. The van der Waals surface area contributed by atoms with Crippen LogP contribution in [0.5, 0.6) is 0 Å². The Labute approximate surface area is 193 Å². The highest BCUT2D eigenvalue weighted by Gasteiger charge is 2.37. The Balaban J connectivity index is 1.50. The average molecular weight is 458 g/mol. The summed E-state index contributed by atoms with van der Waals surface area (Å²) in [4.78, 5) is 28.4. The number of rotatable bonds is 2. The van der Waals surface area contributed by atoms with Crippen LogP contribution in [0.4, 0.5) is 11.4 Å². The van der Waals surface area contributed by atoms with Gasteiger partial charge in [-0.15, -0.1) is 23.5 Å². The predicted molar refractivity (Wildman–Crippen MR) is 129 cm³/mol. The highest BCUT2D eigenvalue weighted by molar-refractivity contribution is 8.00. The van der Waals surface area contributed by atoms with Crippen molar-refractivity contribution < 1.29 is 9.59 Å². The Morgan fingerprint density at radius 1 is 0.750 bits per heavy atom. The Kier molecular flexibility index (Phi) is 4.55. The standard InChI is InChI=1S/C25H19N3O2S2/c1-14-20(22-24(29)26-15-8-2-4-11-18(15)31-22)17-10-6-7-13-28(17)21(14)23-25(30)27-16-9-3-5-12-19(16)32-23/h2-13,22-23H,1H3,(H,26,29)(H,27,30)/t22-,23-/m1/s1. The van der Waals surface area contributed by atoms with Crippen LogP contribution in [0.25, 0.3) is 5.52 Å². The first-order valence-corrected chi connectivity index (χ1v) is 12.1. The summed E-state index contributed by atoms with van der Waals surface area (Å²) in [5.41, 5.74) is 5.51. The minimum Gasteiger partial charge on any atom is -0.324 e. The first kappa shape index (κ1) is 19.5. The van der Waals surface area contributed by atoms with Gasteiger partial charge in [-0.3, -0.25) is 9.59 Å². The molecule has 158 valence electrons. The molecule has 32 heavy (non-hydrogen) atoms. The van der Waals surface area contributed by atoms with Crippen LogP contribution in [0.3, 0.4) is 0 Å². The summed E-state index contributed by atoms with van der Waals surface area (Å²) >= 11 is 3.12. The lowest BCUT2D eigenvalue weighted by Crippen LogP contribution is -2.25. The van der Waals surface area contributed by atoms with Gasteiger partial charge >= 0.3 is 0 Å². The summed E-state index contributed by atoms with van der Waals surface area (Å²) in [7, 11) is 0. The summed E-state index contributed by atoms with van der Waals surface area (Å²) < 4.78 is 2.07. The lowest BCUT2D eigenvalue weighted by Gasteiger charge is -2.25. The van der Waals surface area contributed by atoms with Crippen LogP contribution in [0.2, 0.25) is 0 Å². The molecule has 0 saturated heterocycles. The number of fused-ring (bicyclic) bond motifs is 3. The maximum atomic E-state index is 13.1. The molecule has 4 heterocycles. The van der Waals surface area contributed by atoms with Crippen molar-refractivity contribution in [3.63, 3.8) is 0 Å². The van der Waals surface area contributed by atoms with Gasteiger partial charge in [0.1, 0.15) is 10.5 Å². The molecule has 0 radical (unpaired) electrons. The van der Waals surface area contributed by atoms with Gasteiger partial charge in [0, 0.05) is 27.2 Å². The van der Waals surface area contributed by atoms with Gasteiger partial charge in [0.15, 0.2) is 0 Å². The zero-order valence-electron chi connectivity index (χ0n) is 17.2. The van der Waals surface area contributed by atoms with Crippen LogP contribution in [-0.4, -0.2) is 16.2 Å². The number of pyridine rings is 1. The number of amides is 2. The summed E-state index contributed by atoms with van der Waals surface area (Å²) in [6.45, 7) is 2.03. The third-order valence-corrected chi connectivity index (χ3v) is 8.53. The smallest absolute Gasteiger partial charge is 0.243 e. The van der Waals surface area contributed by atoms with Crippen LogP contribution in [0.1, 0.15) is 27.3 Å². The fourth-order valence-corrected chi connectivity index (χ4v) is 6.97. The highest BCUT2D eigenvalue weighted by Crippen LogP contribution is 2.50. The minimum atomic E-state index is -0.405. The molecule has 2 aromatic carbocycles. The molecule has 7 heteroatoms. The lowest BCUT2D eigenvalue weighted by atomic mass is 10.0. The first-order chi connectivity index (χ1) is 15.6.